The molecule has 0 saturated heterocycles. The Labute approximate surface area is 161 Å². The van der Waals surface area contributed by atoms with E-state index in [4.69, 9.17) is 4.74 Å². The minimum Gasteiger partial charge on any atom is -0.383 e. The lowest BCUT2D eigenvalue weighted by molar-refractivity contribution is -0.118. The maximum Gasteiger partial charge on any atom is 0.226 e. The Morgan fingerprint density at radius 1 is 1.21 bits per heavy atom. The van der Waals surface area contributed by atoms with Crippen molar-refractivity contribution in [3.8, 4) is 0 Å². The smallest absolute Gasteiger partial charge is 0.226 e. The average molecular weight is 448 g/mol. The van der Waals surface area contributed by atoms with Gasteiger partial charge in [-0.3, -0.25) is 9.79 Å². The van der Waals surface area contributed by atoms with E-state index >= 15 is 0 Å². The number of aliphatic imine (C=N–C) groups is 1. The molecule has 0 fully saturated rings. The van der Waals surface area contributed by atoms with E-state index < -0.39 is 0 Å². The van der Waals surface area contributed by atoms with Crippen LogP contribution in [0.5, 0.6) is 0 Å². The quantitative estimate of drug-likeness (QED) is 0.341. The number of methoxy groups -OCH3 is 1. The van der Waals surface area contributed by atoms with E-state index in [-0.39, 0.29) is 41.8 Å². The third-order valence-electron chi connectivity index (χ3n) is 3.23. The molecule has 0 aromatic heterocycles. The first-order chi connectivity index (χ1) is 11.0. The number of nitrogens with zero attached hydrogens (tertiary/aromatic N) is 1. The topological polar surface area (TPSA) is 74.8 Å². The van der Waals surface area contributed by atoms with Gasteiger partial charge in [0.15, 0.2) is 5.96 Å². The van der Waals surface area contributed by atoms with Crippen molar-refractivity contribution in [3.63, 3.8) is 0 Å². The predicted octanol–water partition coefficient (Wildman–Crippen LogP) is 2.60. The second-order valence-electron chi connectivity index (χ2n) is 5.77. The van der Waals surface area contributed by atoms with E-state index in [2.05, 4.69) is 20.9 Å². The molecule has 0 heterocycles. The highest BCUT2D eigenvalue weighted by molar-refractivity contribution is 14.0. The van der Waals surface area contributed by atoms with Crippen molar-refractivity contribution in [2.45, 2.75) is 33.4 Å². The number of nitrogens with one attached hydrogen (secondary N) is 3. The molecule has 1 aromatic rings. The van der Waals surface area contributed by atoms with Gasteiger partial charge in [-0.25, -0.2) is 0 Å². The lowest BCUT2D eigenvalue weighted by Crippen LogP contribution is -2.43. The van der Waals surface area contributed by atoms with E-state index in [1.54, 1.807) is 14.2 Å². The number of rotatable bonds is 7. The molecular formula is C17H29IN4O2. The van der Waals surface area contributed by atoms with Gasteiger partial charge < -0.3 is 20.7 Å². The molecule has 24 heavy (non-hydrogen) atoms. The molecule has 1 amide bonds. The van der Waals surface area contributed by atoms with Gasteiger partial charge in [-0.1, -0.05) is 26.0 Å². The van der Waals surface area contributed by atoms with Crippen LogP contribution in [-0.2, 0) is 16.1 Å². The molecule has 7 heteroatoms. The van der Waals surface area contributed by atoms with Crippen molar-refractivity contribution in [2.75, 3.05) is 26.1 Å². The number of halogens is 1. The standard InChI is InChI=1S/C17H28N4O2.HI/c1-12(2)16(22)21-15-8-6-14(7-9-15)10-19-17(18-4)20-13(3)11-23-5;/h6-9,12-13H,10-11H2,1-5H3,(H,21,22)(H2,18,19,20);1H. The lowest BCUT2D eigenvalue weighted by atomic mass is 10.1. The Bertz CT molecular complexity index is 518. The summed E-state index contributed by atoms with van der Waals surface area (Å²) in [5, 5.41) is 9.37. The van der Waals surface area contributed by atoms with Gasteiger partial charge >= 0.3 is 0 Å². The lowest BCUT2D eigenvalue weighted by Gasteiger charge is -2.17. The maximum atomic E-state index is 11.6. The van der Waals surface area contributed by atoms with Crippen LogP contribution in [0.15, 0.2) is 29.3 Å². The van der Waals surface area contributed by atoms with Gasteiger partial charge in [0, 0.05) is 38.3 Å². The first kappa shape index (κ1) is 22.6. The number of hydrogen-bond acceptors (Lipinski definition) is 3. The van der Waals surface area contributed by atoms with Crippen LogP contribution in [-0.4, -0.2) is 38.7 Å². The van der Waals surface area contributed by atoms with Gasteiger partial charge in [-0.05, 0) is 24.6 Å². The molecule has 0 saturated carbocycles. The Morgan fingerprint density at radius 3 is 2.33 bits per heavy atom. The van der Waals surface area contributed by atoms with Crippen LogP contribution in [0.1, 0.15) is 26.3 Å². The Hall–Kier alpha value is -1.35. The Balaban J connectivity index is 0.00000529. The third-order valence-corrected chi connectivity index (χ3v) is 3.23. The van der Waals surface area contributed by atoms with Gasteiger partial charge in [-0.15, -0.1) is 24.0 Å². The number of benzene rings is 1. The molecule has 0 aliphatic rings. The number of carbonyl (C=O) groups is 1. The van der Waals surface area contributed by atoms with Crippen molar-refractivity contribution < 1.29 is 9.53 Å². The first-order valence-corrected chi connectivity index (χ1v) is 7.82. The number of carbonyl (C=O) groups excluding carboxylic acids is 1. The molecule has 0 bridgehead atoms. The summed E-state index contributed by atoms with van der Waals surface area (Å²) in [4.78, 5) is 15.8. The minimum atomic E-state index is -0.0279. The van der Waals surface area contributed by atoms with Crippen LogP contribution in [0.4, 0.5) is 5.69 Å². The van der Waals surface area contributed by atoms with Crippen LogP contribution in [0.2, 0.25) is 0 Å². The molecule has 1 unspecified atom stereocenters. The summed E-state index contributed by atoms with van der Waals surface area (Å²) in [6.45, 7) is 7.04. The second-order valence-corrected chi connectivity index (χ2v) is 5.77. The molecule has 0 aliphatic heterocycles. The summed E-state index contributed by atoms with van der Waals surface area (Å²) in [7, 11) is 3.41. The van der Waals surface area contributed by atoms with E-state index in [1.165, 1.54) is 0 Å². The SMILES string of the molecule is CN=C(NCc1ccc(NC(=O)C(C)C)cc1)NC(C)COC.I. The summed E-state index contributed by atoms with van der Waals surface area (Å²) >= 11 is 0. The molecule has 0 spiro atoms. The van der Waals surface area contributed by atoms with Crippen molar-refractivity contribution in [1.82, 2.24) is 10.6 Å². The molecule has 1 aromatic carbocycles. The summed E-state index contributed by atoms with van der Waals surface area (Å²) in [6.07, 6.45) is 0. The highest BCUT2D eigenvalue weighted by Crippen LogP contribution is 2.10. The predicted molar refractivity (Wildman–Crippen MR) is 110 cm³/mol. The highest BCUT2D eigenvalue weighted by atomic mass is 127. The minimum absolute atomic E-state index is 0. The third kappa shape index (κ3) is 8.49. The molecule has 136 valence electrons. The fourth-order valence-corrected chi connectivity index (χ4v) is 1.90. The summed E-state index contributed by atoms with van der Waals surface area (Å²) in [6, 6.07) is 7.95. The van der Waals surface area contributed by atoms with Crippen molar-refractivity contribution in [1.29, 1.82) is 0 Å². The fraction of sp³-hybridized carbons (Fsp3) is 0.529. The first-order valence-electron chi connectivity index (χ1n) is 7.82. The number of anilines is 1. The second kappa shape index (κ2) is 12.1. The van der Waals surface area contributed by atoms with E-state index in [0.29, 0.717) is 13.2 Å². The van der Waals surface area contributed by atoms with Gasteiger partial charge in [0.1, 0.15) is 0 Å². The molecular weight excluding hydrogens is 419 g/mol. The van der Waals surface area contributed by atoms with Gasteiger partial charge in [0.25, 0.3) is 0 Å². The van der Waals surface area contributed by atoms with E-state index in [1.807, 2.05) is 45.0 Å². The van der Waals surface area contributed by atoms with Crippen LogP contribution in [0.25, 0.3) is 0 Å². The van der Waals surface area contributed by atoms with Gasteiger partial charge in [-0.2, -0.15) is 0 Å². The number of amides is 1. The molecule has 0 radical (unpaired) electrons. The summed E-state index contributed by atoms with van der Waals surface area (Å²) in [5.41, 5.74) is 1.92. The van der Waals surface area contributed by atoms with Crippen molar-refractivity contribution >= 4 is 41.5 Å². The van der Waals surface area contributed by atoms with Gasteiger partial charge in [0.05, 0.1) is 6.61 Å². The highest BCUT2D eigenvalue weighted by Gasteiger charge is 2.07. The van der Waals surface area contributed by atoms with E-state index in [0.717, 1.165) is 17.2 Å². The molecule has 1 atom stereocenters. The van der Waals surface area contributed by atoms with Crippen LogP contribution >= 0.6 is 24.0 Å². The average Bonchev–Trinajstić information content (AvgIpc) is 2.52. The summed E-state index contributed by atoms with van der Waals surface area (Å²) in [5.74, 6) is 0.721. The number of hydrogen-bond donors (Lipinski definition) is 3. The Kier molecular flexibility index (Phi) is 11.4. The zero-order valence-corrected chi connectivity index (χ0v) is 17.4. The van der Waals surface area contributed by atoms with Crippen molar-refractivity contribution in [2.24, 2.45) is 10.9 Å². The van der Waals surface area contributed by atoms with Crippen LogP contribution in [0.3, 0.4) is 0 Å². The molecule has 0 aliphatic carbocycles. The zero-order chi connectivity index (χ0) is 17.2. The van der Waals surface area contributed by atoms with Gasteiger partial charge in [0.2, 0.25) is 5.91 Å². The number of ether oxygens (including phenoxy) is 1. The molecule has 3 N–H and O–H groups in total. The van der Waals surface area contributed by atoms with E-state index in [9.17, 15) is 4.79 Å². The maximum absolute atomic E-state index is 11.6. The molecule has 6 nitrogen and oxygen atoms in total. The normalized spacial score (nSPS) is 12.3. The number of guanidine groups is 1. The fourth-order valence-electron chi connectivity index (χ4n) is 1.90. The van der Waals surface area contributed by atoms with Crippen molar-refractivity contribution in [3.05, 3.63) is 29.8 Å². The largest absolute Gasteiger partial charge is 0.383 e. The van der Waals surface area contributed by atoms with Crippen LogP contribution < -0.4 is 16.0 Å². The Morgan fingerprint density at radius 2 is 1.83 bits per heavy atom. The monoisotopic (exact) mass is 448 g/mol. The zero-order valence-electron chi connectivity index (χ0n) is 15.1. The van der Waals surface area contributed by atoms with Crippen LogP contribution in [0, 0.1) is 5.92 Å². The molecule has 1 rings (SSSR count). The summed E-state index contributed by atoms with van der Waals surface area (Å²) < 4.78 is 5.09.